The number of nitrogens with two attached hydrogens (primary N) is 1. The van der Waals surface area contributed by atoms with E-state index in [1.165, 1.54) is 0 Å². The van der Waals surface area contributed by atoms with Crippen LogP contribution in [0.25, 0.3) is 0 Å². The number of primary amides is 1. The molecule has 60 valence electrons. The molecule has 1 amide bonds. The van der Waals surface area contributed by atoms with Gasteiger partial charge < -0.3 is 5.73 Å². The molecule has 0 fully saturated rings. The second-order valence-electron chi connectivity index (χ2n) is 2.09. The predicted molar refractivity (Wildman–Crippen MR) is 46.4 cm³/mol. The summed E-state index contributed by atoms with van der Waals surface area (Å²) in [6, 6.07) is 6.65. The molecular weight excluding hydrogens is 172 g/mol. The van der Waals surface area contributed by atoms with Crippen LogP contribution in [0.3, 0.4) is 0 Å². The zero-order chi connectivity index (χ0) is 8.97. The van der Waals surface area contributed by atoms with E-state index in [9.17, 15) is 4.79 Å². The first-order chi connectivity index (χ1) is 5.74. The highest BCUT2D eigenvalue weighted by Crippen LogP contribution is 2.17. The van der Waals surface area contributed by atoms with E-state index in [4.69, 9.17) is 11.0 Å². The maximum Gasteiger partial charge on any atom is 0.248 e. The van der Waals surface area contributed by atoms with Gasteiger partial charge in [-0.1, -0.05) is 6.07 Å². The van der Waals surface area contributed by atoms with E-state index in [1.807, 2.05) is 5.40 Å². The van der Waals surface area contributed by atoms with Gasteiger partial charge in [0.1, 0.15) is 5.40 Å². The summed E-state index contributed by atoms with van der Waals surface area (Å²) >= 11 is 1.00. The van der Waals surface area contributed by atoms with Crippen LogP contribution in [-0.4, -0.2) is 5.91 Å². The van der Waals surface area contributed by atoms with Gasteiger partial charge in [-0.25, -0.2) is 0 Å². The van der Waals surface area contributed by atoms with Gasteiger partial charge in [0.15, 0.2) is 0 Å². The van der Waals surface area contributed by atoms with Gasteiger partial charge in [0.05, 0.1) is 0 Å². The van der Waals surface area contributed by atoms with Crippen LogP contribution in [0.5, 0.6) is 0 Å². The number of thioether (sulfide) groups is 1. The molecule has 4 heteroatoms. The Morgan fingerprint density at radius 2 is 2.33 bits per heavy atom. The molecule has 2 N–H and O–H groups in total. The minimum atomic E-state index is -0.476. The van der Waals surface area contributed by atoms with Crippen LogP contribution >= 0.6 is 11.8 Å². The number of carbonyl (C=O) groups is 1. The number of rotatable bonds is 2. The molecule has 1 aromatic carbocycles. The third-order valence-electron chi connectivity index (χ3n) is 1.28. The number of hydrogen-bond donors (Lipinski definition) is 1. The average Bonchev–Trinajstić information content (AvgIpc) is 2.05. The van der Waals surface area contributed by atoms with Crippen LogP contribution in [0.4, 0.5) is 0 Å². The molecule has 0 saturated heterocycles. The Labute approximate surface area is 74.2 Å². The lowest BCUT2D eigenvalue weighted by atomic mass is 10.2. The fraction of sp³-hybridized carbons (Fsp3) is 0. The summed E-state index contributed by atoms with van der Waals surface area (Å²) in [5, 5.41) is 10.3. The van der Waals surface area contributed by atoms with Gasteiger partial charge in [0.2, 0.25) is 5.91 Å². The number of nitriles is 1. The van der Waals surface area contributed by atoms with Gasteiger partial charge in [0.25, 0.3) is 0 Å². The van der Waals surface area contributed by atoms with Crippen LogP contribution in [-0.2, 0) is 0 Å². The van der Waals surface area contributed by atoms with Gasteiger partial charge in [-0.05, 0) is 30.0 Å². The number of nitrogens with zero attached hydrogens (tertiary/aromatic N) is 1. The second kappa shape index (κ2) is 3.79. The normalized spacial score (nSPS) is 8.92. The van der Waals surface area contributed by atoms with Crippen molar-refractivity contribution in [3.63, 3.8) is 0 Å². The SMILES string of the molecule is N#CSc1cccc(C(N)=O)c1. The van der Waals surface area contributed by atoms with Crippen molar-refractivity contribution in [3.05, 3.63) is 29.8 Å². The molecule has 0 bridgehead atoms. The van der Waals surface area contributed by atoms with Gasteiger partial charge in [-0.15, -0.1) is 0 Å². The standard InChI is InChI=1S/C8H6N2OS/c9-5-12-7-3-1-2-6(4-7)8(10)11/h1-4H,(H2,10,11). The Morgan fingerprint density at radius 3 is 2.92 bits per heavy atom. The second-order valence-corrected chi connectivity index (χ2v) is 2.94. The van der Waals surface area contributed by atoms with Crippen molar-refractivity contribution >= 4 is 17.7 Å². The summed E-state index contributed by atoms with van der Waals surface area (Å²) in [7, 11) is 0. The van der Waals surface area contributed by atoms with E-state index in [0.717, 1.165) is 16.7 Å². The molecule has 1 rings (SSSR count). The molecule has 12 heavy (non-hydrogen) atoms. The van der Waals surface area contributed by atoms with Crippen molar-refractivity contribution in [1.82, 2.24) is 0 Å². The van der Waals surface area contributed by atoms with Crippen molar-refractivity contribution < 1.29 is 4.79 Å². The minimum Gasteiger partial charge on any atom is -0.366 e. The average molecular weight is 178 g/mol. The fourth-order valence-electron chi connectivity index (χ4n) is 0.766. The number of amides is 1. The van der Waals surface area contributed by atoms with Gasteiger partial charge in [-0.3, -0.25) is 4.79 Å². The highest BCUT2D eigenvalue weighted by atomic mass is 32.2. The van der Waals surface area contributed by atoms with E-state index in [2.05, 4.69) is 0 Å². The molecule has 0 radical (unpaired) electrons. The fourth-order valence-corrected chi connectivity index (χ4v) is 1.20. The maximum absolute atomic E-state index is 10.7. The minimum absolute atomic E-state index is 0.426. The van der Waals surface area contributed by atoms with Gasteiger partial charge >= 0.3 is 0 Å². The van der Waals surface area contributed by atoms with Crippen molar-refractivity contribution in [2.45, 2.75) is 4.90 Å². The van der Waals surface area contributed by atoms with Gasteiger partial charge in [-0.2, -0.15) is 5.26 Å². The maximum atomic E-state index is 10.7. The van der Waals surface area contributed by atoms with Crippen LogP contribution in [0, 0.1) is 10.7 Å². The highest BCUT2D eigenvalue weighted by molar-refractivity contribution is 8.03. The van der Waals surface area contributed by atoms with E-state index < -0.39 is 5.91 Å². The Kier molecular flexibility index (Phi) is 2.72. The lowest BCUT2D eigenvalue weighted by molar-refractivity contribution is 0.1000. The number of carbonyl (C=O) groups excluding carboxylic acids is 1. The third-order valence-corrected chi connectivity index (χ3v) is 1.86. The first-order valence-electron chi connectivity index (χ1n) is 3.20. The summed E-state index contributed by atoms with van der Waals surface area (Å²) in [6.07, 6.45) is 0. The lowest BCUT2D eigenvalue weighted by Gasteiger charge is -1.96. The molecule has 0 spiro atoms. The van der Waals surface area contributed by atoms with Crippen LogP contribution < -0.4 is 5.73 Å². The highest BCUT2D eigenvalue weighted by Gasteiger charge is 2.00. The van der Waals surface area contributed by atoms with E-state index >= 15 is 0 Å². The zero-order valence-corrected chi connectivity index (χ0v) is 6.97. The van der Waals surface area contributed by atoms with E-state index in [-0.39, 0.29) is 0 Å². The van der Waals surface area contributed by atoms with Crippen LogP contribution in [0.2, 0.25) is 0 Å². The lowest BCUT2D eigenvalue weighted by Crippen LogP contribution is -2.10. The third kappa shape index (κ3) is 2.01. The summed E-state index contributed by atoms with van der Waals surface area (Å²) in [5.41, 5.74) is 5.47. The Bertz CT molecular complexity index is 343. The largest absolute Gasteiger partial charge is 0.366 e. The molecule has 0 aromatic heterocycles. The first-order valence-corrected chi connectivity index (χ1v) is 4.01. The zero-order valence-electron chi connectivity index (χ0n) is 6.15. The number of thiocyanates is 1. The quantitative estimate of drug-likeness (QED) is 0.549. The Hall–Kier alpha value is -1.47. The first kappa shape index (κ1) is 8.62. The van der Waals surface area contributed by atoms with Crippen LogP contribution in [0.15, 0.2) is 29.2 Å². The van der Waals surface area contributed by atoms with Crippen molar-refractivity contribution in [2.24, 2.45) is 5.73 Å². The number of benzene rings is 1. The molecule has 0 heterocycles. The summed E-state index contributed by atoms with van der Waals surface area (Å²) in [4.78, 5) is 11.4. The Balaban J connectivity index is 2.97. The summed E-state index contributed by atoms with van der Waals surface area (Å²) < 4.78 is 0. The monoisotopic (exact) mass is 178 g/mol. The molecule has 0 aliphatic carbocycles. The molecule has 1 aromatic rings. The topological polar surface area (TPSA) is 66.9 Å². The van der Waals surface area contributed by atoms with Crippen molar-refractivity contribution in [2.75, 3.05) is 0 Å². The molecule has 0 atom stereocenters. The van der Waals surface area contributed by atoms with Crippen molar-refractivity contribution in [3.8, 4) is 5.40 Å². The van der Waals surface area contributed by atoms with E-state index in [1.54, 1.807) is 24.3 Å². The van der Waals surface area contributed by atoms with E-state index in [0.29, 0.717) is 5.56 Å². The summed E-state index contributed by atoms with van der Waals surface area (Å²) in [6.45, 7) is 0. The predicted octanol–water partition coefficient (Wildman–Crippen LogP) is 1.36. The molecule has 0 aliphatic heterocycles. The van der Waals surface area contributed by atoms with Crippen molar-refractivity contribution in [1.29, 1.82) is 5.26 Å². The molecule has 3 nitrogen and oxygen atoms in total. The smallest absolute Gasteiger partial charge is 0.248 e. The number of hydrogen-bond acceptors (Lipinski definition) is 3. The molecule has 0 saturated carbocycles. The summed E-state index contributed by atoms with van der Waals surface area (Å²) in [5.74, 6) is -0.476. The molecule has 0 aliphatic rings. The van der Waals surface area contributed by atoms with Crippen LogP contribution in [0.1, 0.15) is 10.4 Å². The molecular formula is C8H6N2OS. The van der Waals surface area contributed by atoms with Gasteiger partial charge in [0, 0.05) is 10.5 Å². The Morgan fingerprint density at radius 1 is 1.58 bits per heavy atom. The molecule has 0 unspecified atom stereocenters.